The van der Waals surface area contributed by atoms with Crippen molar-refractivity contribution in [3.8, 4) is 11.4 Å². The summed E-state index contributed by atoms with van der Waals surface area (Å²) in [6.45, 7) is 2.33. The summed E-state index contributed by atoms with van der Waals surface area (Å²) in [5.74, 6) is 0.439. The van der Waals surface area contributed by atoms with E-state index in [2.05, 4.69) is 15.5 Å². The molecule has 0 fully saturated rings. The Labute approximate surface area is 236 Å². The number of nitrogens with one attached hydrogen (secondary N) is 1. The fraction of sp³-hybridized carbons (Fsp3) is 0.129. The smallest absolute Gasteiger partial charge is 0.269 e. The first-order chi connectivity index (χ1) is 19.5. The van der Waals surface area contributed by atoms with E-state index in [1.165, 1.54) is 23.9 Å². The molecule has 9 heteroatoms. The molecular weight excluding hydrogens is 522 g/mol. The molecule has 40 heavy (non-hydrogen) atoms. The number of carbonyl (C=O) groups is 1. The molecule has 0 spiro atoms. The van der Waals surface area contributed by atoms with Crippen LogP contribution in [0.15, 0.2) is 120 Å². The van der Waals surface area contributed by atoms with Crippen molar-refractivity contribution >= 4 is 23.4 Å². The van der Waals surface area contributed by atoms with Crippen molar-refractivity contribution in [2.45, 2.75) is 29.9 Å². The summed E-state index contributed by atoms with van der Waals surface area (Å²) in [4.78, 5) is 24.2. The summed E-state index contributed by atoms with van der Waals surface area (Å²) in [5, 5.41) is 23.3. The molecule has 200 valence electrons. The number of rotatable bonds is 10. The van der Waals surface area contributed by atoms with Crippen molar-refractivity contribution in [1.29, 1.82) is 0 Å². The van der Waals surface area contributed by atoms with Gasteiger partial charge in [0.05, 0.1) is 22.8 Å². The molecule has 0 aliphatic heterocycles. The Kier molecular flexibility index (Phi) is 8.32. The van der Waals surface area contributed by atoms with Gasteiger partial charge in [-0.2, -0.15) is 0 Å². The highest BCUT2D eigenvalue weighted by Gasteiger charge is 2.24. The van der Waals surface area contributed by atoms with E-state index in [1.54, 1.807) is 12.1 Å². The van der Waals surface area contributed by atoms with E-state index in [1.807, 2.05) is 102 Å². The summed E-state index contributed by atoms with van der Waals surface area (Å²) in [6, 6.07) is 35.6. The molecule has 8 nitrogen and oxygen atoms in total. The molecule has 1 atom stereocenters. The van der Waals surface area contributed by atoms with Gasteiger partial charge in [0, 0.05) is 17.7 Å². The van der Waals surface area contributed by atoms with Gasteiger partial charge in [0.15, 0.2) is 11.0 Å². The maximum atomic E-state index is 13.5. The van der Waals surface area contributed by atoms with Crippen LogP contribution in [-0.4, -0.2) is 30.8 Å². The zero-order valence-electron chi connectivity index (χ0n) is 21.8. The van der Waals surface area contributed by atoms with E-state index in [0.717, 1.165) is 16.7 Å². The second kappa shape index (κ2) is 12.4. The largest absolute Gasteiger partial charge is 0.344 e. The Morgan fingerprint density at radius 3 is 1.95 bits per heavy atom. The van der Waals surface area contributed by atoms with Crippen molar-refractivity contribution in [1.82, 2.24) is 20.1 Å². The molecule has 1 amide bonds. The first-order valence-corrected chi connectivity index (χ1v) is 13.7. The van der Waals surface area contributed by atoms with Crippen LogP contribution in [0.3, 0.4) is 0 Å². The Bertz CT molecular complexity index is 1540. The molecule has 0 bridgehead atoms. The number of non-ortho nitro benzene ring substituents is 1. The molecule has 1 heterocycles. The molecule has 1 aromatic heterocycles. The van der Waals surface area contributed by atoms with Gasteiger partial charge in [0.1, 0.15) is 0 Å². The van der Waals surface area contributed by atoms with Gasteiger partial charge in [-0.25, -0.2) is 0 Å². The number of nitro groups is 1. The van der Waals surface area contributed by atoms with Crippen LogP contribution in [0.1, 0.15) is 29.7 Å². The molecule has 4 aromatic carbocycles. The number of aromatic nitrogens is 3. The zero-order chi connectivity index (χ0) is 27.9. The van der Waals surface area contributed by atoms with E-state index >= 15 is 0 Å². The summed E-state index contributed by atoms with van der Waals surface area (Å²) in [6.07, 6.45) is 0. The van der Waals surface area contributed by atoms with E-state index in [0.29, 0.717) is 23.1 Å². The van der Waals surface area contributed by atoms with Crippen molar-refractivity contribution in [2.24, 2.45) is 0 Å². The number of nitrogens with zero attached hydrogens (tertiary/aromatic N) is 4. The molecule has 1 unspecified atom stereocenters. The lowest BCUT2D eigenvalue weighted by molar-refractivity contribution is -0.384. The van der Waals surface area contributed by atoms with Crippen molar-refractivity contribution in [2.75, 3.05) is 0 Å². The first kappa shape index (κ1) is 26.8. The van der Waals surface area contributed by atoms with Crippen LogP contribution >= 0.6 is 11.8 Å². The molecule has 5 aromatic rings. The lowest BCUT2D eigenvalue weighted by Crippen LogP contribution is -2.35. The molecule has 0 aliphatic carbocycles. The minimum absolute atomic E-state index is 0.00385. The maximum absolute atomic E-state index is 13.5. The van der Waals surface area contributed by atoms with Gasteiger partial charge in [-0.3, -0.25) is 19.5 Å². The Morgan fingerprint density at radius 2 is 1.40 bits per heavy atom. The fourth-order valence-corrected chi connectivity index (χ4v) is 5.21. The van der Waals surface area contributed by atoms with Crippen LogP contribution < -0.4 is 5.32 Å². The molecular formula is C31H27N5O3S. The fourth-order valence-electron chi connectivity index (χ4n) is 4.35. The summed E-state index contributed by atoms with van der Waals surface area (Å²) >= 11 is 1.32. The van der Waals surface area contributed by atoms with E-state index in [4.69, 9.17) is 0 Å². The topological polar surface area (TPSA) is 103 Å². The van der Waals surface area contributed by atoms with Gasteiger partial charge >= 0.3 is 0 Å². The number of benzene rings is 4. The van der Waals surface area contributed by atoms with Crippen molar-refractivity contribution in [3.05, 3.63) is 142 Å². The van der Waals surface area contributed by atoms with E-state index in [9.17, 15) is 14.9 Å². The van der Waals surface area contributed by atoms with Crippen LogP contribution in [0.4, 0.5) is 5.69 Å². The number of nitro benzene ring substituents is 1. The lowest BCUT2D eigenvalue weighted by atomic mass is 9.98. The Morgan fingerprint density at radius 1 is 0.850 bits per heavy atom. The van der Waals surface area contributed by atoms with Crippen LogP contribution in [-0.2, 0) is 11.3 Å². The van der Waals surface area contributed by atoms with Gasteiger partial charge in [-0.15, -0.1) is 10.2 Å². The number of hydrogen-bond acceptors (Lipinski definition) is 6. The monoisotopic (exact) mass is 549 g/mol. The third-order valence-electron chi connectivity index (χ3n) is 6.44. The zero-order valence-corrected chi connectivity index (χ0v) is 22.6. The van der Waals surface area contributed by atoms with Crippen LogP contribution in [0.5, 0.6) is 0 Å². The molecule has 0 aliphatic rings. The minimum atomic E-state index is -0.474. The SMILES string of the molecule is CC(Sc1nnc(-c2ccc([N+](=O)[O-])cc2)n1Cc1ccccc1)C(=O)NC(c1ccccc1)c1ccccc1. The Hall–Kier alpha value is -4.76. The maximum Gasteiger partial charge on any atom is 0.269 e. The lowest BCUT2D eigenvalue weighted by Gasteiger charge is -2.22. The predicted octanol–water partition coefficient (Wildman–Crippen LogP) is 6.29. The van der Waals surface area contributed by atoms with Gasteiger partial charge < -0.3 is 5.32 Å². The number of hydrogen-bond donors (Lipinski definition) is 1. The number of carbonyl (C=O) groups excluding carboxylic acids is 1. The van der Waals surface area contributed by atoms with Crippen LogP contribution in [0, 0.1) is 10.1 Å². The molecule has 0 radical (unpaired) electrons. The highest BCUT2D eigenvalue weighted by Crippen LogP contribution is 2.30. The van der Waals surface area contributed by atoms with Crippen molar-refractivity contribution < 1.29 is 9.72 Å². The van der Waals surface area contributed by atoms with Crippen molar-refractivity contribution in [3.63, 3.8) is 0 Å². The van der Waals surface area contributed by atoms with Crippen LogP contribution in [0.25, 0.3) is 11.4 Å². The van der Waals surface area contributed by atoms with Gasteiger partial charge in [-0.1, -0.05) is 103 Å². The van der Waals surface area contributed by atoms with E-state index < -0.39 is 10.2 Å². The quantitative estimate of drug-likeness (QED) is 0.125. The molecule has 5 rings (SSSR count). The van der Waals surface area contributed by atoms with Gasteiger partial charge in [-0.05, 0) is 35.7 Å². The summed E-state index contributed by atoms with van der Waals surface area (Å²) in [5.41, 5.74) is 3.73. The number of thioether (sulfide) groups is 1. The minimum Gasteiger partial charge on any atom is -0.344 e. The average Bonchev–Trinajstić information content (AvgIpc) is 3.38. The summed E-state index contributed by atoms with van der Waals surface area (Å²) < 4.78 is 1.94. The standard InChI is InChI=1S/C31H27N5O3S/c1-22(30(37)32-28(24-13-7-3-8-14-24)25-15-9-4-10-16-25)40-31-34-33-29(26-17-19-27(20-18-26)36(38)39)35(31)21-23-11-5-2-6-12-23/h2-20,22,28H,21H2,1H3,(H,32,37). The molecule has 0 saturated carbocycles. The summed E-state index contributed by atoms with van der Waals surface area (Å²) in [7, 11) is 0. The highest BCUT2D eigenvalue weighted by atomic mass is 32.2. The second-order valence-electron chi connectivity index (χ2n) is 9.20. The normalized spacial score (nSPS) is 11.8. The number of amides is 1. The highest BCUT2D eigenvalue weighted by molar-refractivity contribution is 8.00. The predicted molar refractivity (Wildman–Crippen MR) is 156 cm³/mol. The van der Waals surface area contributed by atoms with Gasteiger partial charge in [0.25, 0.3) is 5.69 Å². The molecule has 0 saturated heterocycles. The third-order valence-corrected chi connectivity index (χ3v) is 7.52. The van der Waals surface area contributed by atoms with E-state index in [-0.39, 0.29) is 17.6 Å². The third kappa shape index (κ3) is 6.27. The Balaban J connectivity index is 1.41. The van der Waals surface area contributed by atoms with Gasteiger partial charge in [0.2, 0.25) is 5.91 Å². The first-order valence-electron chi connectivity index (χ1n) is 12.8. The molecule has 1 N–H and O–H groups in total. The second-order valence-corrected chi connectivity index (χ2v) is 10.5. The van der Waals surface area contributed by atoms with Crippen LogP contribution in [0.2, 0.25) is 0 Å². The average molecular weight is 550 g/mol.